The smallest absolute Gasteiger partial charge is 0.323 e. The minimum Gasteiger partial charge on any atom is -0.356 e. The summed E-state index contributed by atoms with van der Waals surface area (Å²) in [5, 5.41) is 11.2. The van der Waals surface area contributed by atoms with E-state index < -0.39 is 0 Å². The monoisotopic (exact) mass is 409 g/mol. The van der Waals surface area contributed by atoms with Crippen LogP contribution in [0.1, 0.15) is 19.8 Å². The molecule has 1 fully saturated rings. The summed E-state index contributed by atoms with van der Waals surface area (Å²) in [5.74, 6) is -0.190. The Morgan fingerprint density at radius 3 is 2.33 bits per heavy atom. The number of hydrogen-bond acceptors (Lipinski definition) is 3. The van der Waals surface area contributed by atoms with Crippen LogP contribution in [0.4, 0.5) is 26.7 Å². The van der Waals surface area contributed by atoms with Crippen molar-refractivity contribution >= 4 is 35.0 Å². The van der Waals surface area contributed by atoms with E-state index in [0.29, 0.717) is 36.7 Å². The van der Waals surface area contributed by atoms with Crippen molar-refractivity contribution in [3.05, 3.63) is 54.6 Å². The molecule has 0 bridgehead atoms. The summed E-state index contributed by atoms with van der Waals surface area (Å²) in [6.07, 6.45) is 1.57. The lowest BCUT2D eigenvalue weighted by Crippen LogP contribution is -2.46. The summed E-state index contributed by atoms with van der Waals surface area (Å²) in [7, 11) is 0. The summed E-state index contributed by atoms with van der Waals surface area (Å²) in [4.78, 5) is 38.6. The van der Waals surface area contributed by atoms with E-state index in [1.165, 1.54) is 0 Å². The Kier molecular flexibility index (Phi) is 7.26. The molecule has 1 saturated heterocycles. The van der Waals surface area contributed by atoms with Crippen LogP contribution in [-0.4, -0.2) is 42.5 Å². The van der Waals surface area contributed by atoms with Gasteiger partial charge in [-0.2, -0.15) is 0 Å². The quantitative estimate of drug-likeness (QED) is 0.605. The molecule has 8 nitrogen and oxygen atoms in total. The Bertz CT molecular complexity index is 887. The number of anilines is 3. The van der Waals surface area contributed by atoms with Gasteiger partial charge in [0.2, 0.25) is 5.91 Å². The highest BCUT2D eigenvalue weighted by atomic mass is 16.2. The van der Waals surface area contributed by atoms with Gasteiger partial charge in [0, 0.05) is 36.7 Å². The van der Waals surface area contributed by atoms with Crippen LogP contribution in [0.3, 0.4) is 0 Å². The van der Waals surface area contributed by atoms with E-state index in [0.717, 1.165) is 12.8 Å². The largest absolute Gasteiger partial charge is 0.356 e. The molecule has 158 valence electrons. The first-order chi connectivity index (χ1) is 14.5. The lowest BCUT2D eigenvalue weighted by molar-refractivity contribution is -0.126. The van der Waals surface area contributed by atoms with Gasteiger partial charge >= 0.3 is 12.1 Å². The molecule has 8 heteroatoms. The summed E-state index contributed by atoms with van der Waals surface area (Å²) in [6.45, 7) is 3.47. The van der Waals surface area contributed by atoms with Crippen LogP contribution < -0.4 is 21.3 Å². The van der Waals surface area contributed by atoms with Gasteiger partial charge in [0.15, 0.2) is 0 Å². The van der Waals surface area contributed by atoms with Gasteiger partial charge in [-0.05, 0) is 50.1 Å². The molecule has 0 aliphatic carbocycles. The van der Waals surface area contributed by atoms with Crippen molar-refractivity contribution in [2.45, 2.75) is 19.8 Å². The first-order valence-electron chi connectivity index (χ1n) is 10.1. The van der Waals surface area contributed by atoms with Crippen LogP contribution in [0.15, 0.2) is 54.6 Å². The first-order valence-corrected chi connectivity index (χ1v) is 10.1. The Labute approximate surface area is 176 Å². The number of carbonyl (C=O) groups is 3. The van der Waals surface area contributed by atoms with Gasteiger partial charge in [-0.1, -0.05) is 24.3 Å². The number of benzene rings is 2. The number of amides is 5. The number of carbonyl (C=O) groups excluding carboxylic acids is 3. The van der Waals surface area contributed by atoms with Crippen molar-refractivity contribution in [1.29, 1.82) is 0 Å². The van der Waals surface area contributed by atoms with Crippen LogP contribution in [0.5, 0.6) is 0 Å². The summed E-state index contributed by atoms with van der Waals surface area (Å²) >= 11 is 0. The maximum absolute atomic E-state index is 12.7. The van der Waals surface area contributed by atoms with Crippen molar-refractivity contribution in [2.75, 3.05) is 35.6 Å². The lowest BCUT2D eigenvalue weighted by atomic mass is 9.97. The number of urea groups is 2. The van der Waals surface area contributed by atoms with Crippen LogP contribution in [0, 0.1) is 5.92 Å². The van der Waals surface area contributed by atoms with Crippen molar-refractivity contribution in [2.24, 2.45) is 5.92 Å². The highest BCUT2D eigenvalue weighted by molar-refractivity contribution is 6.00. The second-order valence-electron chi connectivity index (χ2n) is 7.14. The molecule has 1 aliphatic rings. The average Bonchev–Trinajstić information content (AvgIpc) is 2.75. The molecule has 4 N–H and O–H groups in total. The van der Waals surface area contributed by atoms with Gasteiger partial charge in [-0.15, -0.1) is 0 Å². The molecule has 5 amide bonds. The fraction of sp³-hybridized carbons (Fsp3) is 0.318. The zero-order chi connectivity index (χ0) is 21.3. The van der Waals surface area contributed by atoms with Crippen LogP contribution in [0.25, 0.3) is 0 Å². The van der Waals surface area contributed by atoms with E-state index >= 15 is 0 Å². The fourth-order valence-corrected chi connectivity index (χ4v) is 3.39. The number of likely N-dealkylation sites (tertiary alicyclic amines) is 1. The van der Waals surface area contributed by atoms with Crippen LogP contribution >= 0.6 is 0 Å². The molecule has 3 rings (SSSR count). The molecule has 30 heavy (non-hydrogen) atoms. The number of nitrogens with zero attached hydrogens (tertiary/aromatic N) is 1. The van der Waals surface area contributed by atoms with E-state index in [9.17, 15) is 14.4 Å². The highest BCUT2D eigenvalue weighted by Gasteiger charge is 2.28. The second-order valence-corrected chi connectivity index (χ2v) is 7.14. The number of hydrogen-bond donors (Lipinski definition) is 4. The number of piperidine rings is 1. The summed E-state index contributed by atoms with van der Waals surface area (Å²) in [6, 6.07) is 15.4. The molecule has 1 heterocycles. The minimum absolute atomic E-state index is 0.00868. The Hall–Kier alpha value is -3.55. The van der Waals surface area contributed by atoms with E-state index in [1.807, 2.05) is 25.1 Å². The highest BCUT2D eigenvalue weighted by Crippen LogP contribution is 2.20. The minimum atomic E-state index is -0.370. The van der Waals surface area contributed by atoms with Gasteiger partial charge in [0.25, 0.3) is 0 Å². The van der Waals surface area contributed by atoms with Crippen LogP contribution in [0.2, 0.25) is 0 Å². The van der Waals surface area contributed by atoms with Gasteiger partial charge in [-0.25, -0.2) is 9.59 Å². The number of para-hydroxylation sites is 1. The van der Waals surface area contributed by atoms with E-state index in [2.05, 4.69) is 21.3 Å². The topological polar surface area (TPSA) is 103 Å². The predicted octanol–water partition coefficient (Wildman–Crippen LogP) is 3.71. The Morgan fingerprint density at radius 1 is 0.933 bits per heavy atom. The van der Waals surface area contributed by atoms with E-state index in [4.69, 9.17) is 0 Å². The zero-order valence-electron chi connectivity index (χ0n) is 17.0. The van der Waals surface area contributed by atoms with Crippen molar-refractivity contribution in [3.8, 4) is 0 Å². The molecule has 0 aromatic heterocycles. The third kappa shape index (κ3) is 5.97. The lowest BCUT2D eigenvalue weighted by Gasteiger charge is -2.32. The third-order valence-electron chi connectivity index (χ3n) is 4.83. The molecule has 1 atom stereocenters. The maximum Gasteiger partial charge on any atom is 0.323 e. The first kappa shape index (κ1) is 21.2. The Morgan fingerprint density at radius 2 is 1.60 bits per heavy atom. The molecule has 0 saturated carbocycles. The SMILES string of the molecule is CCNC(=O)[C@H]1CCCN(C(=O)Nc2cccc(NC(=O)Nc3ccccc3)c2)C1. The van der Waals surface area contributed by atoms with Gasteiger partial charge in [-0.3, -0.25) is 4.79 Å². The molecule has 2 aromatic rings. The summed E-state index contributed by atoms with van der Waals surface area (Å²) in [5.41, 5.74) is 1.81. The zero-order valence-corrected chi connectivity index (χ0v) is 17.0. The average molecular weight is 409 g/mol. The van der Waals surface area contributed by atoms with Crippen molar-refractivity contribution in [3.63, 3.8) is 0 Å². The molecule has 0 radical (unpaired) electrons. The number of rotatable bonds is 5. The Balaban J connectivity index is 1.56. The maximum atomic E-state index is 12.7. The molecular formula is C22H27N5O3. The molecule has 0 unspecified atom stereocenters. The normalized spacial score (nSPS) is 15.8. The van der Waals surface area contributed by atoms with Gasteiger partial charge in [0.05, 0.1) is 5.92 Å². The molecule has 2 aromatic carbocycles. The summed E-state index contributed by atoms with van der Waals surface area (Å²) < 4.78 is 0. The molecule has 1 aliphatic heterocycles. The van der Waals surface area contributed by atoms with E-state index in [-0.39, 0.29) is 23.9 Å². The van der Waals surface area contributed by atoms with E-state index in [1.54, 1.807) is 41.3 Å². The van der Waals surface area contributed by atoms with Gasteiger partial charge < -0.3 is 26.2 Å². The van der Waals surface area contributed by atoms with Gasteiger partial charge in [0.1, 0.15) is 0 Å². The van der Waals surface area contributed by atoms with Crippen molar-refractivity contribution < 1.29 is 14.4 Å². The second kappa shape index (κ2) is 10.3. The fourth-order valence-electron chi connectivity index (χ4n) is 3.39. The standard InChI is InChI=1S/C22H27N5O3/c1-2-23-20(28)16-8-7-13-27(15-16)22(30)26-19-12-6-11-18(14-19)25-21(29)24-17-9-4-3-5-10-17/h3-6,9-12,14,16H,2,7-8,13,15H2,1H3,(H,23,28)(H,26,30)(H2,24,25,29)/t16-/m0/s1. The number of nitrogens with one attached hydrogen (secondary N) is 4. The predicted molar refractivity (Wildman–Crippen MR) is 118 cm³/mol. The third-order valence-corrected chi connectivity index (χ3v) is 4.83. The van der Waals surface area contributed by atoms with Crippen molar-refractivity contribution in [1.82, 2.24) is 10.2 Å². The molecular weight excluding hydrogens is 382 g/mol. The van der Waals surface area contributed by atoms with Crippen LogP contribution in [-0.2, 0) is 4.79 Å². The molecule has 0 spiro atoms.